The van der Waals surface area contributed by atoms with Gasteiger partial charge >= 0.3 is 6.09 Å². The molecule has 1 atom stereocenters. The maximum absolute atomic E-state index is 10.4. The van der Waals surface area contributed by atoms with Gasteiger partial charge < -0.3 is 14.2 Å². The Morgan fingerprint density at radius 1 is 2.00 bits per heavy atom. The molecule has 0 bridgehead atoms. The number of nitrogens with one attached hydrogen (secondary N) is 1. The van der Waals surface area contributed by atoms with E-state index < -0.39 is 0 Å². The summed E-state index contributed by atoms with van der Waals surface area (Å²) >= 11 is 2.02. The zero-order chi connectivity index (χ0) is 7.40. The molecule has 1 rings (SSSR count). The topological polar surface area (TPSA) is 47.6 Å². The van der Waals surface area contributed by atoms with Crippen LogP contribution in [0.2, 0.25) is 0 Å². The van der Waals surface area contributed by atoms with Crippen LogP contribution >= 0.6 is 30.4 Å². The van der Waals surface area contributed by atoms with Gasteiger partial charge in [-0.25, -0.2) is 4.79 Å². The number of carbonyl (C=O) groups is 1. The number of hydrogen-bond donors (Lipinski definition) is 1. The Morgan fingerprint density at radius 2 is 2.80 bits per heavy atom. The monoisotopic (exact) mass is 275 g/mol. The van der Waals surface area contributed by atoms with Crippen LogP contribution in [0, 0.1) is 0 Å². The van der Waals surface area contributed by atoms with E-state index in [0.29, 0.717) is 13.2 Å². The second kappa shape index (κ2) is 4.24. The van der Waals surface area contributed by atoms with Crippen molar-refractivity contribution in [3.05, 3.63) is 0 Å². The summed E-state index contributed by atoms with van der Waals surface area (Å²) in [5.41, 5.74) is 0. The minimum Gasteiger partial charge on any atom is -0.447 e. The summed E-state index contributed by atoms with van der Waals surface area (Å²) in [7, 11) is 1.25. The van der Waals surface area contributed by atoms with E-state index in [2.05, 4.69) is 10.1 Å². The van der Waals surface area contributed by atoms with E-state index in [0.717, 1.165) is 0 Å². The number of carbonyl (C=O) groups excluding carboxylic acids is 1. The lowest BCUT2D eigenvalue weighted by atomic mass is 10.4. The van der Waals surface area contributed by atoms with Crippen LogP contribution in [-0.4, -0.2) is 25.3 Å². The van der Waals surface area contributed by atoms with Gasteiger partial charge in [0.2, 0.25) is 0 Å². The zero-order valence-corrected chi connectivity index (χ0v) is 7.98. The Kier molecular flexibility index (Phi) is 3.57. The lowest BCUT2D eigenvalue weighted by molar-refractivity contribution is 0.175. The van der Waals surface area contributed by atoms with Crippen LogP contribution in [-0.2, 0) is 8.92 Å². The first-order chi connectivity index (χ1) is 4.83. The van der Waals surface area contributed by atoms with Gasteiger partial charge in [0.1, 0.15) is 6.61 Å². The lowest BCUT2D eigenvalue weighted by Gasteiger charge is -2.03. The molecule has 10 heavy (non-hydrogen) atoms. The first kappa shape index (κ1) is 8.41. The third-order valence-electron chi connectivity index (χ3n) is 1.05. The Bertz CT molecular complexity index is 134. The van der Waals surface area contributed by atoms with Crippen molar-refractivity contribution in [2.24, 2.45) is 0 Å². The fraction of sp³-hybridized carbons (Fsp3) is 0.750. The minimum absolute atomic E-state index is 0.0229. The Morgan fingerprint density at radius 3 is 3.30 bits per heavy atom. The SMILES string of the molecule is O=C1NC(COSI)CO1. The third-order valence-corrected chi connectivity index (χ3v) is 2.04. The van der Waals surface area contributed by atoms with Gasteiger partial charge in [-0.15, -0.1) is 0 Å². The highest BCUT2D eigenvalue weighted by Crippen LogP contribution is 2.13. The number of hydrogen-bond acceptors (Lipinski definition) is 4. The van der Waals surface area contributed by atoms with Gasteiger partial charge in [0.25, 0.3) is 0 Å². The number of alkyl carbamates (subject to hydrolysis) is 1. The summed E-state index contributed by atoms with van der Waals surface area (Å²) < 4.78 is 9.60. The fourth-order valence-electron chi connectivity index (χ4n) is 0.624. The predicted molar refractivity (Wildman–Crippen MR) is 45.8 cm³/mol. The van der Waals surface area contributed by atoms with Gasteiger partial charge in [-0.2, -0.15) is 0 Å². The van der Waals surface area contributed by atoms with Crippen molar-refractivity contribution in [3.63, 3.8) is 0 Å². The lowest BCUT2D eigenvalue weighted by Crippen LogP contribution is -2.29. The van der Waals surface area contributed by atoms with E-state index in [1.807, 2.05) is 21.2 Å². The number of ether oxygens (including phenoxy) is 1. The molecule has 0 spiro atoms. The molecule has 1 unspecified atom stereocenters. The highest BCUT2D eigenvalue weighted by molar-refractivity contribution is 14.2. The average molecular weight is 275 g/mol. The number of rotatable bonds is 3. The smallest absolute Gasteiger partial charge is 0.407 e. The van der Waals surface area contributed by atoms with Crippen molar-refractivity contribution in [1.82, 2.24) is 5.32 Å². The fourth-order valence-corrected chi connectivity index (χ4v) is 1.28. The van der Waals surface area contributed by atoms with Gasteiger partial charge in [-0.1, -0.05) is 0 Å². The molecule has 0 aromatic carbocycles. The summed E-state index contributed by atoms with van der Waals surface area (Å²) in [4.78, 5) is 10.4. The van der Waals surface area contributed by atoms with Gasteiger partial charge in [-0.05, 0) is 0 Å². The van der Waals surface area contributed by atoms with Crippen LogP contribution in [0.1, 0.15) is 0 Å². The molecule has 1 heterocycles. The van der Waals surface area contributed by atoms with Crippen molar-refractivity contribution in [2.75, 3.05) is 13.2 Å². The van der Waals surface area contributed by atoms with E-state index >= 15 is 0 Å². The van der Waals surface area contributed by atoms with Gasteiger partial charge in [0.15, 0.2) is 0 Å². The van der Waals surface area contributed by atoms with Crippen molar-refractivity contribution >= 4 is 36.5 Å². The van der Waals surface area contributed by atoms with Crippen LogP contribution in [0.5, 0.6) is 0 Å². The number of cyclic esters (lactones) is 1. The second-order valence-corrected chi connectivity index (χ2v) is 3.23. The molecule has 0 aliphatic carbocycles. The molecule has 0 aromatic heterocycles. The molecule has 1 amide bonds. The molecule has 6 heteroatoms. The summed E-state index contributed by atoms with van der Waals surface area (Å²) in [5.74, 6) is 0. The van der Waals surface area contributed by atoms with Crippen molar-refractivity contribution in [2.45, 2.75) is 6.04 Å². The van der Waals surface area contributed by atoms with E-state index in [1.54, 1.807) is 0 Å². The largest absolute Gasteiger partial charge is 0.447 e. The first-order valence-corrected chi connectivity index (χ1v) is 5.95. The van der Waals surface area contributed by atoms with Crippen LogP contribution in [0.4, 0.5) is 4.79 Å². The van der Waals surface area contributed by atoms with Crippen LogP contribution < -0.4 is 5.32 Å². The standard InChI is InChI=1S/C4H6INO3S/c5-10-9-2-3-1-8-4(7)6-3/h3H,1-2H2,(H,6,7). The highest BCUT2D eigenvalue weighted by atomic mass is 127. The maximum atomic E-state index is 10.4. The van der Waals surface area contributed by atoms with E-state index in [4.69, 9.17) is 4.18 Å². The molecule has 1 N–H and O–H groups in total. The number of halogens is 1. The van der Waals surface area contributed by atoms with E-state index in [-0.39, 0.29) is 12.1 Å². The number of amides is 1. The van der Waals surface area contributed by atoms with Crippen LogP contribution in [0.25, 0.3) is 0 Å². The summed E-state index contributed by atoms with van der Waals surface area (Å²) in [6, 6.07) is 0.0229. The molecular weight excluding hydrogens is 269 g/mol. The van der Waals surface area contributed by atoms with Gasteiger partial charge in [0, 0.05) is 21.2 Å². The van der Waals surface area contributed by atoms with Crippen molar-refractivity contribution < 1.29 is 13.7 Å². The molecule has 1 saturated heterocycles. The highest BCUT2D eigenvalue weighted by Gasteiger charge is 2.21. The molecule has 0 radical (unpaired) electrons. The average Bonchev–Trinajstić information content (AvgIpc) is 2.31. The predicted octanol–water partition coefficient (Wildman–Crippen LogP) is 1.11. The molecule has 0 saturated carbocycles. The minimum atomic E-state index is -0.355. The maximum Gasteiger partial charge on any atom is 0.407 e. The van der Waals surface area contributed by atoms with E-state index in [1.165, 1.54) is 9.21 Å². The Hall–Kier alpha value is 0.310. The Balaban J connectivity index is 2.12. The van der Waals surface area contributed by atoms with E-state index in [9.17, 15) is 4.79 Å². The molecule has 1 fully saturated rings. The molecule has 0 aromatic rings. The summed E-state index contributed by atoms with van der Waals surface area (Å²) in [6.45, 7) is 0.912. The van der Waals surface area contributed by atoms with Crippen LogP contribution in [0.3, 0.4) is 0 Å². The molecule has 58 valence electrons. The van der Waals surface area contributed by atoms with Crippen molar-refractivity contribution in [1.29, 1.82) is 0 Å². The van der Waals surface area contributed by atoms with Crippen LogP contribution in [0.15, 0.2) is 0 Å². The van der Waals surface area contributed by atoms with Crippen molar-refractivity contribution in [3.8, 4) is 0 Å². The normalized spacial score (nSPS) is 24.1. The summed E-state index contributed by atoms with van der Waals surface area (Å²) in [5, 5.41) is 2.59. The quantitative estimate of drug-likeness (QED) is 0.619. The summed E-state index contributed by atoms with van der Waals surface area (Å²) in [6.07, 6.45) is -0.355. The molecule has 4 nitrogen and oxygen atoms in total. The molecule has 1 aliphatic rings. The zero-order valence-electron chi connectivity index (χ0n) is 5.00. The third kappa shape index (κ3) is 2.51. The molecular formula is C4H6INO3S. The van der Waals surface area contributed by atoms with Gasteiger partial charge in [0.05, 0.1) is 21.9 Å². The molecule has 1 aliphatic heterocycles. The Labute approximate surface area is 74.8 Å². The second-order valence-electron chi connectivity index (χ2n) is 1.79. The first-order valence-electron chi connectivity index (χ1n) is 2.66. The van der Waals surface area contributed by atoms with Gasteiger partial charge in [-0.3, -0.25) is 0 Å².